The molecule has 0 aliphatic heterocycles. The van der Waals surface area contributed by atoms with E-state index in [1.807, 2.05) is 0 Å². The summed E-state index contributed by atoms with van der Waals surface area (Å²) in [7, 11) is 3.01. The Hall–Kier alpha value is -2.54. The van der Waals surface area contributed by atoms with Crippen LogP contribution in [0.5, 0.6) is 11.5 Å². The lowest BCUT2D eigenvalue weighted by molar-refractivity contribution is -0.143. The van der Waals surface area contributed by atoms with Crippen LogP contribution in [0.25, 0.3) is 0 Å². The van der Waals surface area contributed by atoms with Crippen LogP contribution in [0, 0.1) is 0 Å². The number of carboxylic acids is 1. The number of hydrogen-bond donors (Lipinski definition) is 2. The predicted octanol–water partition coefficient (Wildman–Crippen LogP) is 1.02. The molecule has 0 radical (unpaired) electrons. The Morgan fingerprint density at radius 3 is 2.65 bits per heavy atom. The van der Waals surface area contributed by atoms with E-state index in [4.69, 9.17) is 19.3 Å². The SMILES string of the molecule is C=CCOCC(NC(=O)Cc1cc(OC)ccc1OC)C(=O)O. The maximum Gasteiger partial charge on any atom is 0.328 e. The second-order valence-corrected chi connectivity index (χ2v) is 4.64. The van der Waals surface area contributed by atoms with Gasteiger partial charge in [-0.05, 0) is 18.2 Å². The average Bonchev–Trinajstić information content (AvgIpc) is 2.53. The van der Waals surface area contributed by atoms with Crippen LogP contribution in [0.2, 0.25) is 0 Å². The number of hydrogen-bond acceptors (Lipinski definition) is 5. The smallest absolute Gasteiger partial charge is 0.328 e. The van der Waals surface area contributed by atoms with Crippen molar-refractivity contribution in [2.75, 3.05) is 27.4 Å². The van der Waals surface area contributed by atoms with E-state index in [1.165, 1.54) is 20.3 Å². The zero-order valence-corrected chi connectivity index (χ0v) is 13.2. The van der Waals surface area contributed by atoms with Crippen molar-refractivity contribution in [1.29, 1.82) is 0 Å². The van der Waals surface area contributed by atoms with Crippen molar-refractivity contribution >= 4 is 11.9 Å². The Morgan fingerprint density at radius 2 is 2.09 bits per heavy atom. The zero-order valence-electron chi connectivity index (χ0n) is 13.2. The first-order chi connectivity index (χ1) is 11.0. The number of nitrogens with one attached hydrogen (secondary N) is 1. The second-order valence-electron chi connectivity index (χ2n) is 4.64. The highest BCUT2D eigenvalue weighted by Crippen LogP contribution is 2.24. The van der Waals surface area contributed by atoms with Gasteiger partial charge >= 0.3 is 5.97 Å². The Bertz CT molecular complexity index is 558. The molecule has 0 heterocycles. The van der Waals surface area contributed by atoms with Gasteiger partial charge in [-0.25, -0.2) is 4.79 Å². The molecular weight excluding hydrogens is 302 g/mol. The van der Waals surface area contributed by atoms with E-state index in [2.05, 4.69) is 11.9 Å². The molecule has 7 nitrogen and oxygen atoms in total. The number of carbonyl (C=O) groups is 2. The van der Waals surface area contributed by atoms with Crippen molar-refractivity contribution in [3.05, 3.63) is 36.4 Å². The fourth-order valence-electron chi connectivity index (χ4n) is 1.88. The number of amides is 1. The topological polar surface area (TPSA) is 94.1 Å². The molecular formula is C16H21NO6. The van der Waals surface area contributed by atoms with Crippen molar-refractivity contribution < 1.29 is 28.9 Å². The van der Waals surface area contributed by atoms with E-state index in [-0.39, 0.29) is 19.6 Å². The van der Waals surface area contributed by atoms with Gasteiger partial charge in [0.05, 0.1) is 33.9 Å². The highest BCUT2D eigenvalue weighted by Gasteiger charge is 2.21. The first kappa shape index (κ1) is 18.5. The normalized spacial score (nSPS) is 11.4. The highest BCUT2D eigenvalue weighted by molar-refractivity contribution is 5.85. The summed E-state index contributed by atoms with van der Waals surface area (Å²) in [5, 5.41) is 11.5. The summed E-state index contributed by atoms with van der Waals surface area (Å²) < 4.78 is 15.4. The first-order valence-electron chi connectivity index (χ1n) is 6.93. The van der Waals surface area contributed by atoms with Crippen LogP contribution >= 0.6 is 0 Å². The van der Waals surface area contributed by atoms with E-state index >= 15 is 0 Å². The number of ether oxygens (including phenoxy) is 3. The van der Waals surface area contributed by atoms with Gasteiger partial charge in [-0.15, -0.1) is 6.58 Å². The first-order valence-corrected chi connectivity index (χ1v) is 6.93. The van der Waals surface area contributed by atoms with Crippen molar-refractivity contribution in [3.8, 4) is 11.5 Å². The third kappa shape index (κ3) is 5.99. The van der Waals surface area contributed by atoms with E-state index < -0.39 is 17.9 Å². The molecule has 7 heteroatoms. The maximum absolute atomic E-state index is 12.1. The minimum Gasteiger partial charge on any atom is -0.497 e. The summed E-state index contributed by atoms with van der Waals surface area (Å²) in [5.41, 5.74) is 0.598. The molecule has 1 aromatic rings. The summed E-state index contributed by atoms with van der Waals surface area (Å²) in [6.07, 6.45) is 1.47. The molecule has 2 N–H and O–H groups in total. The van der Waals surface area contributed by atoms with E-state index in [0.717, 1.165) is 0 Å². The van der Waals surface area contributed by atoms with E-state index in [1.54, 1.807) is 18.2 Å². The molecule has 0 saturated heterocycles. The minimum absolute atomic E-state index is 0.0361. The van der Waals surface area contributed by atoms with Gasteiger partial charge in [-0.3, -0.25) is 4.79 Å². The fourth-order valence-corrected chi connectivity index (χ4v) is 1.88. The lowest BCUT2D eigenvalue weighted by Crippen LogP contribution is -2.44. The molecule has 0 saturated carbocycles. The van der Waals surface area contributed by atoms with Gasteiger partial charge in [0.1, 0.15) is 11.5 Å². The van der Waals surface area contributed by atoms with E-state index in [9.17, 15) is 9.59 Å². The molecule has 1 amide bonds. The minimum atomic E-state index is -1.17. The van der Waals surface area contributed by atoms with Gasteiger partial charge in [0, 0.05) is 5.56 Å². The quantitative estimate of drug-likeness (QED) is 0.493. The maximum atomic E-state index is 12.1. The summed E-state index contributed by atoms with van der Waals surface area (Å²) >= 11 is 0. The molecule has 1 rings (SSSR count). The second kappa shape index (κ2) is 9.47. The number of methoxy groups -OCH3 is 2. The molecule has 1 aromatic carbocycles. The molecule has 0 spiro atoms. The van der Waals surface area contributed by atoms with Gasteiger partial charge in [-0.1, -0.05) is 6.08 Å². The Balaban J connectivity index is 2.73. The molecule has 0 fully saturated rings. The molecule has 0 aromatic heterocycles. The van der Waals surface area contributed by atoms with Crippen molar-refractivity contribution in [3.63, 3.8) is 0 Å². The van der Waals surface area contributed by atoms with Gasteiger partial charge in [0.2, 0.25) is 5.91 Å². The number of benzene rings is 1. The number of carbonyl (C=O) groups excluding carboxylic acids is 1. The third-order valence-corrected chi connectivity index (χ3v) is 2.99. The molecule has 1 unspecified atom stereocenters. The Morgan fingerprint density at radius 1 is 1.35 bits per heavy atom. The van der Waals surface area contributed by atoms with Gasteiger partial charge in [0.25, 0.3) is 0 Å². The predicted molar refractivity (Wildman–Crippen MR) is 83.8 cm³/mol. The lowest BCUT2D eigenvalue weighted by Gasteiger charge is -2.15. The molecule has 126 valence electrons. The monoisotopic (exact) mass is 323 g/mol. The van der Waals surface area contributed by atoms with Crippen LogP contribution in [-0.4, -0.2) is 50.5 Å². The summed E-state index contributed by atoms with van der Waals surface area (Å²) in [6.45, 7) is 3.54. The summed E-state index contributed by atoms with van der Waals surface area (Å²) in [6, 6.07) is 3.94. The van der Waals surface area contributed by atoms with Crippen molar-refractivity contribution in [1.82, 2.24) is 5.32 Å². The van der Waals surface area contributed by atoms with Crippen molar-refractivity contribution in [2.24, 2.45) is 0 Å². The largest absolute Gasteiger partial charge is 0.497 e. The summed E-state index contributed by atoms with van der Waals surface area (Å²) in [5.74, 6) is -0.514. The number of rotatable bonds is 10. The van der Waals surface area contributed by atoms with Gasteiger partial charge < -0.3 is 24.6 Å². The molecule has 0 aliphatic rings. The lowest BCUT2D eigenvalue weighted by atomic mass is 10.1. The van der Waals surface area contributed by atoms with Gasteiger partial charge in [-0.2, -0.15) is 0 Å². The molecule has 23 heavy (non-hydrogen) atoms. The van der Waals surface area contributed by atoms with Crippen LogP contribution < -0.4 is 14.8 Å². The standard InChI is InChI=1S/C16H21NO6/c1-4-7-23-10-13(16(19)20)17-15(18)9-11-8-12(21-2)5-6-14(11)22-3/h4-6,8,13H,1,7,9-10H2,2-3H3,(H,17,18)(H,19,20). The third-order valence-electron chi connectivity index (χ3n) is 2.99. The zero-order chi connectivity index (χ0) is 17.2. The average molecular weight is 323 g/mol. The van der Waals surface area contributed by atoms with Crippen LogP contribution in [0.1, 0.15) is 5.56 Å². The number of aliphatic carboxylic acids is 1. The van der Waals surface area contributed by atoms with Crippen LogP contribution in [0.3, 0.4) is 0 Å². The summed E-state index contributed by atoms with van der Waals surface area (Å²) in [4.78, 5) is 23.2. The Labute approximate surface area is 134 Å². The van der Waals surface area contributed by atoms with Crippen LogP contribution in [0.15, 0.2) is 30.9 Å². The highest BCUT2D eigenvalue weighted by atomic mass is 16.5. The molecule has 0 aliphatic carbocycles. The fraction of sp³-hybridized carbons (Fsp3) is 0.375. The molecule has 0 bridgehead atoms. The van der Waals surface area contributed by atoms with Gasteiger partial charge in [0.15, 0.2) is 6.04 Å². The number of carboxylic acid groups (broad SMARTS) is 1. The van der Waals surface area contributed by atoms with Crippen LogP contribution in [0.4, 0.5) is 0 Å². The van der Waals surface area contributed by atoms with E-state index in [0.29, 0.717) is 17.1 Å². The van der Waals surface area contributed by atoms with Crippen LogP contribution in [-0.2, 0) is 20.7 Å². The Kier molecular flexibility index (Phi) is 7.62. The van der Waals surface area contributed by atoms with Crippen molar-refractivity contribution in [2.45, 2.75) is 12.5 Å². The molecule has 1 atom stereocenters.